The van der Waals surface area contributed by atoms with Crippen molar-refractivity contribution in [2.24, 2.45) is 0 Å². The van der Waals surface area contributed by atoms with Crippen LogP contribution < -0.4 is 0 Å². The van der Waals surface area contributed by atoms with E-state index in [2.05, 4.69) is 15.4 Å². The van der Waals surface area contributed by atoms with Crippen molar-refractivity contribution in [1.29, 1.82) is 0 Å². The predicted molar refractivity (Wildman–Crippen MR) is 89.1 cm³/mol. The second-order valence-electron chi connectivity index (χ2n) is 6.30. The van der Waals surface area contributed by atoms with Crippen LogP contribution in [0.3, 0.4) is 0 Å². The van der Waals surface area contributed by atoms with Crippen LogP contribution in [0.1, 0.15) is 16.8 Å². The van der Waals surface area contributed by atoms with E-state index in [0.29, 0.717) is 25.1 Å². The Morgan fingerprint density at radius 3 is 2.92 bits per heavy atom. The second kappa shape index (κ2) is 6.14. The number of likely N-dealkylation sites (tertiary alicyclic amines) is 1. The van der Waals surface area contributed by atoms with Gasteiger partial charge in [-0.15, -0.1) is 5.10 Å². The van der Waals surface area contributed by atoms with Crippen molar-refractivity contribution >= 4 is 5.91 Å². The van der Waals surface area contributed by atoms with Crippen molar-refractivity contribution < 1.29 is 9.90 Å². The van der Waals surface area contributed by atoms with Crippen LogP contribution in [-0.2, 0) is 6.54 Å². The lowest BCUT2D eigenvalue weighted by Gasteiger charge is -2.23. The van der Waals surface area contributed by atoms with Gasteiger partial charge in [-0.2, -0.15) is 5.10 Å². The van der Waals surface area contributed by atoms with Crippen LogP contribution in [0.4, 0.5) is 0 Å². The van der Waals surface area contributed by atoms with E-state index in [4.69, 9.17) is 0 Å². The molecule has 0 saturated carbocycles. The van der Waals surface area contributed by atoms with Crippen LogP contribution in [0, 0.1) is 0 Å². The monoisotopic (exact) mass is 338 g/mol. The summed E-state index contributed by atoms with van der Waals surface area (Å²) in [5, 5.41) is 22.6. The molecule has 1 fully saturated rings. The van der Waals surface area contributed by atoms with E-state index in [1.54, 1.807) is 38.9 Å². The molecule has 1 saturated heterocycles. The van der Waals surface area contributed by atoms with E-state index < -0.39 is 5.60 Å². The minimum atomic E-state index is -0.983. The standard InChI is InChI=1S/C17H18N6O2/c24-16(14-3-1-4-15(11-14)23-8-2-6-19-23)21-9-5-17(25,12-21)13-22-10-7-18-20-22/h1-4,6-8,10-11,25H,5,9,12-13H2. The fourth-order valence-electron chi connectivity index (χ4n) is 3.16. The number of hydrogen-bond acceptors (Lipinski definition) is 5. The van der Waals surface area contributed by atoms with Gasteiger partial charge in [0.15, 0.2) is 0 Å². The number of carbonyl (C=O) groups excluding carboxylic acids is 1. The highest BCUT2D eigenvalue weighted by Gasteiger charge is 2.39. The summed E-state index contributed by atoms with van der Waals surface area (Å²) in [6.45, 7) is 1.11. The summed E-state index contributed by atoms with van der Waals surface area (Å²) in [6.07, 6.45) is 7.31. The summed E-state index contributed by atoms with van der Waals surface area (Å²) in [7, 11) is 0. The number of β-amino-alcohol motifs (C(OH)–C–C–N with tert-alkyl or cyclic N) is 1. The summed E-state index contributed by atoms with van der Waals surface area (Å²) in [6, 6.07) is 9.16. The van der Waals surface area contributed by atoms with E-state index in [0.717, 1.165) is 5.69 Å². The van der Waals surface area contributed by atoms with E-state index in [9.17, 15) is 9.90 Å². The van der Waals surface area contributed by atoms with Crippen molar-refractivity contribution in [3.8, 4) is 5.69 Å². The van der Waals surface area contributed by atoms with Crippen LogP contribution in [0.15, 0.2) is 55.1 Å². The van der Waals surface area contributed by atoms with Gasteiger partial charge in [0.1, 0.15) is 5.60 Å². The Kier molecular flexibility index (Phi) is 3.81. The largest absolute Gasteiger partial charge is 0.386 e. The number of aliphatic hydroxyl groups is 1. The Balaban J connectivity index is 1.49. The van der Waals surface area contributed by atoms with Crippen LogP contribution in [-0.4, -0.2) is 59.4 Å². The Morgan fingerprint density at radius 1 is 1.24 bits per heavy atom. The van der Waals surface area contributed by atoms with Gasteiger partial charge in [-0.05, 0) is 30.7 Å². The average molecular weight is 338 g/mol. The van der Waals surface area contributed by atoms with Gasteiger partial charge in [0.2, 0.25) is 0 Å². The maximum Gasteiger partial charge on any atom is 0.254 e. The maximum absolute atomic E-state index is 12.8. The lowest BCUT2D eigenvalue weighted by molar-refractivity contribution is 0.0267. The zero-order valence-corrected chi connectivity index (χ0v) is 13.6. The predicted octanol–water partition coefficient (Wildman–Crippen LogP) is 0.741. The molecule has 1 aliphatic heterocycles. The molecular formula is C17H18N6O2. The number of hydrogen-bond donors (Lipinski definition) is 1. The lowest BCUT2D eigenvalue weighted by Crippen LogP contribution is -2.39. The van der Waals surface area contributed by atoms with Crippen LogP contribution in [0.5, 0.6) is 0 Å². The van der Waals surface area contributed by atoms with Crippen molar-refractivity contribution in [1.82, 2.24) is 29.7 Å². The van der Waals surface area contributed by atoms with E-state index in [1.807, 2.05) is 30.5 Å². The molecule has 0 radical (unpaired) electrons. The molecule has 2 aromatic heterocycles. The van der Waals surface area contributed by atoms with Crippen molar-refractivity contribution in [2.75, 3.05) is 13.1 Å². The lowest BCUT2D eigenvalue weighted by atomic mass is 10.0. The van der Waals surface area contributed by atoms with Gasteiger partial charge in [-0.25, -0.2) is 9.36 Å². The first-order valence-corrected chi connectivity index (χ1v) is 8.09. The van der Waals surface area contributed by atoms with E-state index >= 15 is 0 Å². The van der Waals surface area contributed by atoms with Crippen LogP contribution in [0.2, 0.25) is 0 Å². The van der Waals surface area contributed by atoms with Gasteiger partial charge in [0.05, 0.1) is 25.0 Å². The number of benzene rings is 1. The normalized spacial score (nSPS) is 20.1. The Morgan fingerprint density at radius 2 is 2.16 bits per heavy atom. The van der Waals surface area contributed by atoms with Gasteiger partial charge in [-0.3, -0.25) is 4.79 Å². The molecular weight excluding hydrogens is 320 g/mol. The minimum Gasteiger partial charge on any atom is -0.386 e. The highest BCUT2D eigenvalue weighted by Crippen LogP contribution is 2.25. The molecule has 0 bridgehead atoms. The quantitative estimate of drug-likeness (QED) is 0.758. The summed E-state index contributed by atoms with van der Waals surface area (Å²) >= 11 is 0. The molecule has 8 nitrogen and oxygen atoms in total. The molecule has 128 valence electrons. The van der Waals surface area contributed by atoms with Crippen LogP contribution in [0.25, 0.3) is 5.69 Å². The zero-order chi connectivity index (χ0) is 17.3. The molecule has 8 heteroatoms. The zero-order valence-electron chi connectivity index (χ0n) is 13.6. The molecule has 1 N–H and O–H groups in total. The van der Waals surface area contributed by atoms with Crippen molar-refractivity contribution in [3.63, 3.8) is 0 Å². The summed E-state index contributed by atoms with van der Waals surface area (Å²) in [5.41, 5.74) is 0.425. The minimum absolute atomic E-state index is 0.0940. The van der Waals surface area contributed by atoms with Crippen molar-refractivity contribution in [3.05, 3.63) is 60.7 Å². The summed E-state index contributed by atoms with van der Waals surface area (Å²) < 4.78 is 3.30. The Labute approximate surface area is 144 Å². The number of aromatic nitrogens is 5. The third-order valence-corrected chi connectivity index (χ3v) is 4.41. The van der Waals surface area contributed by atoms with Crippen LogP contribution >= 0.6 is 0 Å². The summed E-state index contributed by atoms with van der Waals surface area (Å²) in [5.74, 6) is -0.0940. The smallest absolute Gasteiger partial charge is 0.254 e. The molecule has 1 amide bonds. The molecule has 4 rings (SSSR count). The third kappa shape index (κ3) is 3.16. The van der Waals surface area contributed by atoms with Crippen molar-refractivity contribution in [2.45, 2.75) is 18.6 Å². The first-order valence-electron chi connectivity index (χ1n) is 8.09. The molecule has 1 aromatic carbocycles. The molecule has 1 unspecified atom stereocenters. The SMILES string of the molecule is O=C(c1cccc(-n2cccn2)c1)N1CCC(O)(Cn2ccnn2)C1. The molecule has 1 aliphatic rings. The van der Waals surface area contributed by atoms with Gasteiger partial charge < -0.3 is 10.0 Å². The highest BCUT2D eigenvalue weighted by molar-refractivity contribution is 5.95. The molecule has 3 heterocycles. The first-order chi connectivity index (χ1) is 12.1. The van der Waals surface area contributed by atoms with Gasteiger partial charge in [0.25, 0.3) is 5.91 Å². The number of nitrogens with zero attached hydrogens (tertiary/aromatic N) is 6. The molecule has 0 aliphatic carbocycles. The van der Waals surface area contributed by atoms with Gasteiger partial charge in [-0.1, -0.05) is 11.3 Å². The molecule has 1 atom stereocenters. The topological polar surface area (TPSA) is 89.1 Å². The fourth-order valence-corrected chi connectivity index (χ4v) is 3.16. The molecule has 0 spiro atoms. The Hall–Kier alpha value is -3.00. The number of carbonyl (C=O) groups is 1. The number of rotatable bonds is 4. The third-order valence-electron chi connectivity index (χ3n) is 4.41. The molecule has 25 heavy (non-hydrogen) atoms. The Bertz CT molecular complexity index is 861. The van der Waals surface area contributed by atoms with E-state index in [1.165, 1.54) is 0 Å². The van der Waals surface area contributed by atoms with Gasteiger partial charge in [0, 0.05) is 30.7 Å². The highest BCUT2D eigenvalue weighted by atomic mass is 16.3. The van der Waals surface area contributed by atoms with Gasteiger partial charge >= 0.3 is 0 Å². The average Bonchev–Trinajstić information content (AvgIpc) is 3.36. The maximum atomic E-state index is 12.8. The number of amides is 1. The second-order valence-corrected chi connectivity index (χ2v) is 6.30. The fraction of sp³-hybridized carbons (Fsp3) is 0.294. The first kappa shape index (κ1) is 15.5. The van der Waals surface area contributed by atoms with E-state index in [-0.39, 0.29) is 12.5 Å². The summed E-state index contributed by atoms with van der Waals surface area (Å²) in [4.78, 5) is 14.5. The molecule has 3 aromatic rings.